The van der Waals surface area contributed by atoms with Crippen molar-refractivity contribution in [3.8, 4) is 0 Å². The first kappa shape index (κ1) is 19.4. The molecular formula is C21H33N3O2S. The van der Waals surface area contributed by atoms with Gasteiger partial charge in [-0.3, -0.25) is 4.90 Å². The zero-order chi connectivity index (χ0) is 18.9. The van der Waals surface area contributed by atoms with Gasteiger partial charge < -0.3 is 4.90 Å². The van der Waals surface area contributed by atoms with Crippen LogP contribution in [0.1, 0.15) is 32.6 Å². The van der Waals surface area contributed by atoms with E-state index < -0.39 is 10.0 Å². The number of sulfonamides is 1. The van der Waals surface area contributed by atoms with E-state index in [9.17, 15) is 8.42 Å². The predicted molar refractivity (Wildman–Crippen MR) is 108 cm³/mol. The third kappa shape index (κ3) is 4.56. The highest BCUT2D eigenvalue weighted by Crippen LogP contribution is 2.37. The lowest BCUT2D eigenvalue weighted by Crippen LogP contribution is -2.58. The number of hydrogen-bond acceptors (Lipinski definition) is 4. The van der Waals surface area contributed by atoms with Crippen LogP contribution < -0.4 is 4.72 Å². The van der Waals surface area contributed by atoms with Crippen molar-refractivity contribution in [1.29, 1.82) is 0 Å². The fourth-order valence-corrected chi connectivity index (χ4v) is 6.23. The molecule has 0 aliphatic carbocycles. The van der Waals surface area contributed by atoms with E-state index in [1.807, 2.05) is 6.07 Å². The topological polar surface area (TPSA) is 52.6 Å². The van der Waals surface area contributed by atoms with Gasteiger partial charge in [0.25, 0.3) is 0 Å². The smallest absolute Gasteiger partial charge is 0.240 e. The molecule has 5 rings (SSSR count). The summed E-state index contributed by atoms with van der Waals surface area (Å²) in [6.07, 6.45) is 5.08. The predicted octanol–water partition coefficient (Wildman–Crippen LogP) is 2.41. The molecule has 4 fully saturated rings. The first-order chi connectivity index (χ1) is 13.0. The van der Waals surface area contributed by atoms with Crippen LogP contribution in [-0.4, -0.2) is 63.5 Å². The number of rotatable bonds is 6. The monoisotopic (exact) mass is 391 g/mol. The molecule has 4 saturated heterocycles. The average molecular weight is 392 g/mol. The van der Waals surface area contributed by atoms with Gasteiger partial charge in [-0.25, -0.2) is 13.1 Å². The summed E-state index contributed by atoms with van der Waals surface area (Å²) < 4.78 is 27.8. The Labute approximate surface area is 164 Å². The molecule has 0 aromatic heterocycles. The van der Waals surface area contributed by atoms with Gasteiger partial charge in [0.2, 0.25) is 10.0 Å². The fraction of sp³-hybridized carbons (Fsp3) is 0.714. The highest BCUT2D eigenvalue weighted by atomic mass is 32.2. The summed E-state index contributed by atoms with van der Waals surface area (Å²) in [5.41, 5.74) is 0. The Morgan fingerprint density at radius 3 is 2.48 bits per heavy atom. The van der Waals surface area contributed by atoms with Crippen molar-refractivity contribution in [2.75, 3.05) is 39.3 Å². The fourth-order valence-electron chi connectivity index (χ4n) is 5.13. The summed E-state index contributed by atoms with van der Waals surface area (Å²) in [7, 11) is -3.40. The Morgan fingerprint density at radius 1 is 1.07 bits per heavy atom. The third-order valence-electron chi connectivity index (χ3n) is 6.95. The maximum absolute atomic E-state index is 12.5. The molecule has 1 N–H and O–H groups in total. The second-order valence-corrected chi connectivity index (χ2v) is 10.6. The van der Waals surface area contributed by atoms with E-state index in [4.69, 9.17) is 0 Å². The van der Waals surface area contributed by atoms with Gasteiger partial charge in [0, 0.05) is 25.7 Å². The molecule has 4 unspecified atom stereocenters. The summed E-state index contributed by atoms with van der Waals surface area (Å²) in [5.74, 6) is 2.39. The molecule has 27 heavy (non-hydrogen) atoms. The highest BCUT2D eigenvalue weighted by Gasteiger charge is 2.40. The average Bonchev–Trinajstić information content (AvgIpc) is 2.70. The molecule has 1 aromatic carbocycles. The van der Waals surface area contributed by atoms with Crippen LogP contribution in [0.5, 0.6) is 0 Å². The third-order valence-corrected chi connectivity index (χ3v) is 8.38. The normalized spacial score (nSPS) is 32.6. The van der Waals surface area contributed by atoms with Crippen molar-refractivity contribution in [3.63, 3.8) is 0 Å². The van der Waals surface area contributed by atoms with Gasteiger partial charge in [-0.05, 0) is 75.2 Å². The zero-order valence-corrected chi connectivity index (χ0v) is 17.2. The van der Waals surface area contributed by atoms with Crippen molar-refractivity contribution in [3.05, 3.63) is 30.3 Å². The first-order valence-electron chi connectivity index (χ1n) is 10.5. The van der Waals surface area contributed by atoms with Crippen LogP contribution in [0.3, 0.4) is 0 Å². The second kappa shape index (κ2) is 8.19. The number of nitrogens with zero attached hydrogens (tertiary/aromatic N) is 2. The van der Waals surface area contributed by atoms with Crippen LogP contribution in [0.2, 0.25) is 0 Å². The molecule has 0 spiro atoms. The van der Waals surface area contributed by atoms with Crippen LogP contribution in [0, 0.1) is 17.8 Å². The van der Waals surface area contributed by atoms with Crippen LogP contribution in [0.25, 0.3) is 0 Å². The Kier molecular flexibility index (Phi) is 5.88. The number of likely N-dealkylation sites (tertiary alicyclic amines) is 1. The van der Waals surface area contributed by atoms with Gasteiger partial charge in [0.15, 0.2) is 0 Å². The van der Waals surface area contributed by atoms with E-state index in [0.29, 0.717) is 17.5 Å². The van der Waals surface area contributed by atoms with Crippen molar-refractivity contribution in [2.45, 2.75) is 43.5 Å². The van der Waals surface area contributed by atoms with Gasteiger partial charge >= 0.3 is 0 Å². The molecule has 1 aromatic rings. The molecule has 150 valence electrons. The summed E-state index contributed by atoms with van der Waals surface area (Å²) in [4.78, 5) is 5.56. The second-order valence-electron chi connectivity index (χ2n) is 8.84. The van der Waals surface area contributed by atoms with Gasteiger partial charge in [-0.2, -0.15) is 0 Å². The quantitative estimate of drug-likeness (QED) is 0.809. The minimum atomic E-state index is -3.40. The van der Waals surface area contributed by atoms with E-state index in [2.05, 4.69) is 21.4 Å². The zero-order valence-electron chi connectivity index (χ0n) is 16.4. The van der Waals surface area contributed by atoms with Crippen LogP contribution >= 0.6 is 0 Å². The number of hydrogen-bond donors (Lipinski definition) is 1. The largest absolute Gasteiger partial charge is 0.303 e. The first-order valence-corrected chi connectivity index (χ1v) is 12.0. The maximum atomic E-state index is 12.5. The van der Waals surface area contributed by atoms with E-state index >= 15 is 0 Å². The summed E-state index contributed by atoms with van der Waals surface area (Å²) in [6, 6.07) is 9.04. The molecule has 4 aliphatic heterocycles. The Morgan fingerprint density at radius 2 is 1.81 bits per heavy atom. The molecule has 6 heteroatoms. The minimum Gasteiger partial charge on any atom is -0.303 e. The van der Waals surface area contributed by atoms with Crippen LogP contribution in [-0.2, 0) is 10.0 Å². The highest BCUT2D eigenvalue weighted by molar-refractivity contribution is 7.89. The minimum absolute atomic E-state index is 0.347. The van der Waals surface area contributed by atoms with Crippen molar-refractivity contribution < 1.29 is 8.42 Å². The van der Waals surface area contributed by atoms with E-state index in [1.165, 1.54) is 38.9 Å². The molecule has 0 radical (unpaired) electrons. The molecular weight excluding hydrogens is 358 g/mol. The van der Waals surface area contributed by atoms with Gasteiger partial charge in [0.05, 0.1) is 4.90 Å². The lowest BCUT2D eigenvalue weighted by Gasteiger charge is -2.51. The molecule has 0 amide bonds. The maximum Gasteiger partial charge on any atom is 0.240 e. The van der Waals surface area contributed by atoms with E-state index in [0.717, 1.165) is 37.3 Å². The molecule has 4 heterocycles. The molecule has 0 saturated carbocycles. The number of piperidine rings is 4. The van der Waals surface area contributed by atoms with Gasteiger partial charge in [0.1, 0.15) is 0 Å². The molecule has 4 aliphatic rings. The number of fused-ring (bicyclic) bond motifs is 3. The van der Waals surface area contributed by atoms with Crippen molar-refractivity contribution in [2.24, 2.45) is 17.8 Å². The molecule has 4 atom stereocenters. The van der Waals surface area contributed by atoms with Gasteiger partial charge in [-0.15, -0.1) is 0 Å². The summed E-state index contributed by atoms with van der Waals surface area (Å²) in [5, 5.41) is 0. The molecule has 5 nitrogen and oxygen atoms in total. The van der Waals surface area contributed by atoms with Crippen LogP contribution in [0.4, 0.5) is 0 Å². The Balaban J connectivity index is 1.30. The Bertz CT molecular complexity index is 716. The van der Waals surface area contributed by atoms with E-state index in [-0.39, 0.29) is 0 Å². The summed E-state index contributed by atoms with van der Waals surface area (Å²) in [6.45, 7) is 8.89. The standard InChI is InChI=1S/C21H33N3O2S/c1-17-7-10-23(11-8-17)15-19-16-24-12-9-18(19)13-20(24)14-22-27(25,26)21-5-3-2-4-6-21/h2-6,17-20,22H,7-16H2,1H3. The van der Waals surface area contributed by atoms with Gasteiger partial charge in [-0.1, -0.05) is 25.1 Å². The van der Waals surface area contributed by atoms with Crippen molar-refractivity contribution in [1.82, 2.24) is 14.5 Å². The number of nitrogens with one attached hydrogen (secondary N) is 1. The van der Waals surface area contributed by atoms with Crippen LogP contribution in [0.15, 0.2) is 35.2 Å². The Hall–Kier alpha value is -0.950. The summed E-state index contributed by atoms with van der Waals surface area (Å²) >= 11 is 0. The SMILES string of the molecule is CC1CCN(CC2CN3CCC2CC3CNS(=O)(=O)c2ccccc2)CC1. The van der Waals surface area contributed by atoms with Crippen molar-refractivity contribution >= 4 is 10.0 Å². The lowest BCUT2D eigenvalue weighted by molar-refractivity contribution is -0.0136. The van der Waals surface area contributed by atoms with E-state index in [1.54, 1.807) is 24.3 Å². The number of benzene rings is 1. The lowest BCUT2D eigenvalue weighted by atomic mass is 9.75. The molecule has 2 bridgehead atoms.